The van der Waals surface area contributed by atoms with Crippen LogP contribution >= 0.6 is 0 Å². The minimum atomic E-state index is -1.39. The Morgan fingerprint density at radius 2 is 1.73 bits per heavy atom. The summed E-state index contributed by atoms with van der Waals surface area (Å²) in [4.78, 5) is 24.6. The van der Waals surface area contributed by atoms with Crippen molar-refractivity contribution >= 4 is 22.8 Å². The van der Waals surface area contributed by atoms with Gasteiger partial charge in [-0.1, -0.05) is 0 Å². The maximum atomic E-state index is 12.7. The molecule has 0 fully saturated rings. The Labute approximate surface area is 153 Å². The van der Waals surface area contributed by atoms with Gasteiger partial charge in [0.15, 0.2) is 0 Å². The number of carbonyl (C=O) groups is 2. The zero-order valence-electron chi connectivity index (χ0n) is 16.4. The number of aromatic nitrogens is 1. The predicted octanol–water partition coefficient (Wildman–Crippen LogP) is 3.95. The summed E-state index contributed by atoms with van der Waals surface area (Å²) in [7, 11) is 0. The molecule has 0 radical (unpaired) electrons. The molecule has 0 spiro atoms. The summed E-state index contributed by atoms with van der Waals surface area (Å²) in [6, 6.07) is 3.20. The van der Waals surface area contributed by atoms with E-state index in [4.69, 9.17) is 4.74 Å². The van der Waals surface area contributed by atoms with E-state index in [2.05, 4.69) is 0 Å². The van der Waals surface area contributed by atoms with Gasteiger partial charge in [0.2, 0.25) is 0 Å². The number of rotatable bonds is 4. The first-order chi connectivity index (χ1) is 11.9. The summed E-state index contributed by atoms with van der Waals surface area (Å²) in [5.41, 5.74) is 0.156. The summed E-state index contributed by atoms with van der Waals surface area (Å²) < 4.78 is 7.21. The van der Waals surface area contributed by atoms with Gasteiger partial charge >= 0.3 is 11.9 Å². The Balaban J connectivity index is 3.10. The van der Waals surface area contributed by atoms with Gasteiger partial charge in [-0.15, -0.1) is 0 Å². The monoisotopic (exact) mass is 361 g/mol. The van der Waals surface area contributed by atoms with Crippen molar-refractivity contribution in [3.05, 3.63) is 29.0 Å². The van der Waals surface area contributed by atoms with Gasteiger partial charge in [-0.05, 0) is 60.6 Å². The van der Waals surface area contributed by atoms with Gasteiger partial charge in [0.25, 0.3) is 0 Å². The van der Waals surface area contributed by atoms with Crippen LogP contribution in [-0.2, 0) is 20.5 Å². The molecular formula is C20H27NO5. The summed E-state index contributed by atoms with van der Waals surface area (Å²) >= 11 is 0. The third-order valence-corrected chi connectivity index (χ3v) is 4.66. The van der Waals surface area contributed by atoms with E-state index in [1.165, 1.54) is 19.9 Å². The topological polar surface area (TPSA) is 88.8 Å². The summed E-state index contributed by atoms with van der Waals surface area (Å²) in [6.07, 6.45) is 0. The average molecular weight is 361 g/mol. The molecule has 0 saturated heterocycles. The maximum Gasteiger partial charge on any atom is 0.340 e. The largest absolute Gasteiger partial charge is 0.508 e. The first kappa shape index (κ1) is 19.8. The number of aliphatic carboxylic acids is 1. The number of esters is 1. The summed E-state index contributed by atoms with van der Waals surface area (Å²) in [5.74, 6) is -1.76. The van der Waals surface area contributed by atoms with Crippen molar-refractivity contribution in [3.8, 4) is 5.75 Å². The minimum Gasteiger partial charge on any atom is -0.508 e. The van der Waals surface area contributed by atoms with E-state index in [9.17, 15) is 19.8 Å². The zero-order chi connectivity index (χ0) is 20.0. The molecule has 26 heavy (non-hydrogen) atoms. The van der Waals surface area contributed by atoms with Gasteiger partial charge < -0.3 is 19.5 Å². The predicted molar refractivity (Wildman–Crippen MR) is 100.0 cm³/mol. The van der Waals surface area contributed by atoms with E-state index in [0.29, 0.717) is 22.2 Å². The van der Waals surface area contributed by atoms with E-state index >= 15 is 0 Å². The van der Waals surface area contributed by atoms with Gasteiger partial charge in [-0.2, -0.15) is 0 Å². The first-order valence-corrected chi connectivity index (χ1v) is 8.64. The van der Waals surface area contributed by atoms with E-state index in [1.54, 1.807) is 13.0 Å². The van der Waals surface area contributed by atoms with Gasteiger partial charge in [0, 0.05) is 22.2 Å². The number of carboxylic acid groups (broad SMARTS) is 1. The molecule has 1 heterocycles. The van der Waals surface area contributed by atoms with Crippen molar-refractivity contribution in [2.24, 2.45) is 0 Å². The van der Waals surface area contributed by atoms with Crippen LogP contribution in [0.3, 0.4) is 0 Å². The molecule has 1 aromatic carbocycles. The molecule has 2 rings (SSSR count). The Morgan fingerprint density at radius 1 is 1.15 bits per heavy atom. The number of aromatic hydroxyl groups is 1. The number of benzene rings is 1. The third kappa shape index (κ3) is 2.93. The van der Waals surface area contributed by atoms with Crippen LogP contribution in [0.5, 0.6) is 5.75 Å². The van der Waals surface area contributed by atoms with Crippen LogP contribution in [0.15, 0.2) is 12.1 Å². The Kier molecular flexibility index (Phi) is 4.83. The molecule has 0 aliphatic carbocycles. The molecule has 0 unspecified atom stereocenters. The van der Waals surface area contributed by atoms with E-state index < -0.39 is 17.4 Å². The lowest BCUT2D eigenvalue weighted by atomic mass is 9.81. The molecule has 6 nitrogen and oxygen atoms in total. The molecule has 0 bridgehead atoms. The van der Waals surface area contributed by atoms with Gasteiger partial charge in [-0.25, -0.2) is 4.79 Å². The lowest BCUT2D eigenvalue weighted by Gasteiger charge is -2.26. The fourth-order valence-electron chi connectivity index (χ4n) is 3.55. The molecular weight excluding hydrogens is 334 g/mol. The number of hydrogen-bond donors (Lipinski definition) is 2. The smallest absolute Gasteiger partial charge is 0.340 e. The second-order valence-electron chi connectivity index (χ2n) is 7.97. The summed E-state index contributed by atoms with van der Waals surface area (Å²) in [6.45, 7) is 12.8. The minimum absolute atomic E-state index is 0.151. The fourth-order valence-corrected chi connectivity index (χ4v) is 3.55. The van der Waals surface area contributed by atoms with Crippen molar-refractivity contribution in [1.29, 1.82) is 0 Å². The van der Waals surface area contributed by atoms with E-state index in [0.717, 1.165) is 0 Å². The van der Waals surface area contributed by atoms with Crippen molar-refractivity contribution in [3.63, 3.8) is 0 Å². The Bertz CT molecular complexity index is 884. The molecule has 2 aromatic rings. The number of phenols is 1. The lowest BCUT2D eigenvalue weighted by Crippen LogP contribution is -2.29. The Morgan fingerprint density at radius 3 is 2.19 bits per heavy atom. The molecule has 0 saturated carbocycles. The van der Waals surface area contributed by atoms with Crippen LogP contribution in [0.4, 0.5) is 0 Å². The van der Waals surface area contributed by atoms with Crippen LogP contribution in [0.1, 0.15) is 63.2 Å². The van der Waals surface area contributed by atoms with Crippen molar-refractivity contribution in [2.75, 3.05) is 6.61 Å². The quantitative estimate of drug-likeness (QED) is 0.805. The SMILES string of the molecule is CCOC(=O)c1c(C)n(C(C)(C)C)c2ccc(O)c(C(C)(C)C(=O)O)c12. The van der Waals surface area contributed by atoms with Gasteiger partial charge in [-0.3, -0.25) is 4.79 Å². The zero-order valence-corrected chi connectivity index (χ0v) is 16.4. The normalized spacial score (nSPS) is 12.4. The second kappa shape index (κ2) is 6.34. The molecule has 2 N–H and O–H groups in total. The molecule has 0 amide bonds. The van der Waals surface area contributed by atoms with Crippen LogP contribution in [-0.4, -0.2) is 33.3 Å². The molecule has 1 aromatic heterocycles. The van der Waals surface area contributed by atoms with E-state index in [1.807, 2.05) is 32.3 Å². The van der Waals surface area contributed by atoms with Crippen LogP contribution in [0.2, 0.25) is 0 Å². The fraction of sp³-hybridized carbons (Fsp3) is 0.500. The van der Waals surface area contributed by atoms with Crippen molar-refractivity contribution in [2.45, 2.75) is 59.4 Å². The molecule has 0 atom stereocenters. The molecule has 6 heteroatoms. The van der Waals surface area contributed by atoms with Gasteiger partial charge in [0.1, 0.15) is 5.75 Å². The van der Waals surface area contributed by atoms with Crippen LogP contribution in [0, 0.1) is 6.92 Å². The highest BCUT2D eigenvalue weighted by Gasteiger charge is 2.38. The number of ether oxygens (including phenoxy) is 1. The number of fused-ring (bicyclic) bond motifs is 1. The highest BCUT2D eigenvalue weighted by Crippen LogP contribution is 2.43. The van der Waals surface area contributed by atoms with Crippen molar-refractivity contribution < 1.29 is 24.5 Å². The highest BCUT2D eigenvalue weighted by molar-refractivity contribution is 6.09. The van der Waals surface area contributed by atoms with Crippen LogP contribution in [0.25, 0.3) is 10.9 Å². The number of carbonyl (C=O) groups excluding carboxylic acids is 1. The number of carboxylic acids is 1. The maximum absolute atomic E-state index is 12.7. The third-order valence-electron chi connectivity index (χ3n) is 4.66. The summed E-state index contributed by atoms with van der Waals surface area (Å²) in [5, 5.41) is 20.7. The lowest BCUT2D eigenvalue weighted by molar-refractivity contribution is -0.142. The van der Waals surface area contributed by atoms with Gasteiger partial charge in [0.05, 0.1) is 23.1 Å². The average Bonchev–Trinajstić information content (AvgIpc) is 2.78. The highest BCUT2D eigenvalue weighted by atomic mass is 16.5. The number of hydrogen-bond acceptors (Lipinski definition) is 4. The molecule has 142 valence electrons. The second-order valence-corrected chi connectivity index (χ2v) is 7.97. The van der Waals surface area contributed by atoms with Crippen molar-refractivity contribution in [1.82, 2.24) is 4.57 Å². The van der Waals surface area contributed by atoms with Crippen LogP contribution < -0.4 is 0 Å². The standard InChI is InChI=1S/C20H27NO5/c1-8-26-17(23)14-11(2)21(19(3,4)5)12-9-10-13(22)16(15(12)14)20(6,7)18(24)25/h9-10,22H,8H2,1-7H3,(H,24,25). The molecule has 0 aliphatic heterocycles. The molecule has 0 aliphatic rings. The Hall–Kier alpha value is -2.50. The van der Waals surface area contributed by atoms with E-state index in [-0.39, 0.29) is 23.5 Å². The number of nitrogens with zero attached hydrogens (tertiary/aromatic N) is 1. The first-order valence-electron chi connectivity index (χ1n) is 8.64. The number of phenolic OH excluding ortho intramolecular Hbond substituents is 1.